The van der Waals surface area contributed by atoms with E-state index in [4.69, 9.17) is 14.5 Å². The molecule has 0 saturated carbocycles. The van der Waals surface area contributed by atoms with Gasteiger partial charge in [-0.1, -0.05) is 30.8 Å². The van der Waals surface area contributed by atoms with Gasteiger partial charge in [-0.2, -0.15) is 0 Å². The second-order valence-electron chi connectivity index (χ2n) is 7.53. The lowest BCUT2D eigenvalue weighted by Gasteiger charge is -2.16. The minimum absolute atomic E-state index is 0.00558. The number of thiophene rings is 1. The van der Waals surface area contributed by atoms with Crippen molar-refractivity contribution >= 4 is 39.1 Å². The average molecular weight is 459 g/mol. The molecular weight excluding hydrogens is 432 g/mol. The fraction of sp³-hybridized carbons (Fsp3) is 0.435. The number of methoxy groups -OCH3 is 1. The fourth-order valence-electron chi connectivity index (χ4n) is 4.00. The lowest BCUT2D eigenvalue weighted by atomic mass is 10.1. The summed E-state index contributed by atoms with van der Waals surface area (Å²) in [5.74, 6) is 0.668. The van der Waals surface area contributed by atoms with Gasteiger partial charge in [-0.05, 0) is 43.9 Å². The monoisotopic (exact) mass is 458 g/mol. The number of para-hydroxylation sites is 1. The number of ketones is 1. The summed E-state index contributed by atoms with van der Waals surface area (Å²) in [5.41, 5.74) is 1.57. The second kappa shape index (κ2) is 9.54. The Morgan fingerprint density at radius 3 is 2.90 bits per heavy atom. The van der Waals surface area contributed by atoms with Gasteiger partial charge in [0.15, 0.2) is 10.9 Å². The minimum Gasteiger partial charge on any atom is -0.496 e. The number of aromatic nitrogens is 2. The van der Waals surface area contributed by atoms with Crippen LogP contribution in [-0.2, 0) is 17.7 Å². The minimum atomic E-state index is -0.0583. The maximum Gasteiger partial charge on any atom is 0.263 e. The molecule has 31 heavy (non-hydrogen) atoms. The quantitative estimate of drug-likeness (QED) is 0.281. The number of rotatable bonds is 8. The van der Waals surface area contributed by atoms with Gasteiger partial charge in [-0.3, -0.25) is 14.2 Å². The van der Waals surface area contributed by atoms with Crippen LogP contribution in [0.1, 0.15) is 40.6 Å². The Morgan fingerprint density at radius 2 is 2.19 bits per heavy atom. The predicted molar refractivity (Wildman–Crippen MR) is 125 cm³/mol. The molecule has 0 amide bonds. The molecule has 3 aromatic rings. The van der Waals surface area contributed by atoms with Crippen LogP contribution in [0, 0.1) is 6.92 Å². The van der Waals surface area contributed by atoms with E-state index >= 15 is 0 Å². The molecule has 2 aromatic heterocycles. The van der Waals surface area contributed by atoms with Crippen molar-refractivity contribution in [3.8, 4) is 5.75 Å². The van der Waals surface area contributed by atoms with Crippen LogP contribution in [0.15, 0.2) is 34.2 Å². The Bertz CT molecular complexity index is 1160. The highest BCUT2D eigenvalue weighted by Gasteiger charge is 2.23. The number of nitrogens with zero attached hydrogens (tertiary/aromatic N) is 2. The van der Waals surface area contributed by atoms with Crippen LogP contribution >= 0.6 is 23.1 Å². The number of benzene rings is 1. The van der Waals surface area contributed by atoms with Gasteiger partial charge in [0, 0.05) is 11.5 Å². The van der Waals surface area contributed by atoms with E-state index in [1.165, 1.54) is 11.8 Å². The molecule has 0 N–H and O–H groups in total. The van der Waals surface area contributed by atoms with E-state index < -0.39 is 0 Å². The number of aryl methyl sites for hydroxylation is 2. The molecule has 0 spiro atoms. The standard InChI is InChI=1S/C23H26N2O4S2/c1-4-16-14(2)31-21-20(16)22(27)25(12-15-8-7-11-29-15)23(24-21)30-13-18(26)17-9-5-6-10-19(17)28-3/h5-6,9-10,15H,4,7-8,11-13H2,1-3H3. The molecule has 0 radical (unpaired) electrons. The van der Waals surface area contributed by atoms with Gasteiger partial charge in [0.2, 0.25) is 0 Å². The number of thioether (sulfide) groups is 1. The summed E-state index contributed by atoms with van der Waals surface area (Å²) in [7, 11) is 1.55. The van der Waals surface area contributed by atoms with Crippen LogP contribution in [0.25, 0.3) is 10.2 Å². The van der Waals surface area contributed by atoms with Gasteiger partial charge in [-0.15, -0.1) is 11.3 Å². The van der Waals surface area contributed by atoms with Crippen LogP contribution in [0.5, 0.6) is 5.75 Å². The Balaban J connectivity index is 1.69. The van der Waals surface area contributed by atoms with Crippen LogP contribution < -0.4 is 10.3 Å². The number of Topliss-reactive ketones (excluding diaryl/α,β-unsaturated/α-hetero) is 1. The first-order chi connectivity index (χ1) is 15.0. The van der Waals surface area contributed by atoms with Gasteiger partial charge in [-0.25, -0.2) is 4.98 Å². The van der Waals surface area contributed by atoms with E-state index in [0.717, 1.165) is 41.1 Å². The maximum absolute atomic E-state index is 13.5. The van der Waals surface area contributed by atoms with Crippen LogP contribution in [-0.4, -0.2) is 40.9 Å². The molecule has 1 aliphatic rings. The van der Waals surface area contributed by atoms with Crippen LogP contribution in [0.3, 0.4) is 0 Å². The largest absolute Gasteiger partial charge is 0.496 e. The van der Waals surface area contributed by atoms with E-state index in [2.05, 4.69) is 6.92 Å². The highest BCUT2D eigenvalue weighted by Crippen LogP contribution is 2.30. The second-order valence-corrected chi connectivity index (χ2v) is 9.67. The smallest absolute Gasteiger partial charge is 0.263 e. The Labute approximate surface area is 189 Å². The molecule has 1 saturated heterocycles. The molecule has 0 bridgehead atoms. The Kier molecular flexibility index (Phi) is 6.79. The van der Waals surface area contributed by atoms with E-state index in [1.807, 2.05) is 19.1 Å². The van der Waals surface area contributed by atoms with Crippen molar-refractivity contribution in [2.75, 3.05) is 19.5 Å². The average Bonchev–Trinajstić information content (AvgIpc) is 3.41. The summed E-state index contributed by atoms with van der Waals surface area (Å²) in [4.78, 5) is 33.1. The summed E-state index contributed by atoms with van der Waals surface area (Å²) in [5, 5.41) is 1.28. The van der Waals surface area contributed by atoms with Crippen molar-refractivity contribution < 1.29 is 14.3 Å². The third kappa shape index (κ3) is 4.42. The Morgan fingerprint density at radius 1 is 1.39 bits per heavy atom. The van der Waals surface area contributed by atoms with Crippen LogP contribution in [0.2, 0.25) is 0 Å². The number of hydrogen-bond donors (Lipinski definition) is 0. The molecule has 1 fully saturated rings. The molecule has 6 nitrogen and oxygen atoms in total. The Hall–Kier alpha value is -2.16. The molecule has 0 aliphatic carbocycles. The van der Waals surface area contributed by atoms with Gasteiger partial charge in [0.25, 0.3) is 5.56 Å². The highest BCUT2D eigenvalue weighted by molar-refractivity contribution is 7.99. The summed E-state index contributed by atoms with van der Waals surface area (Å²) >= 11 is 2.85. The SMILES string of the molecule is CCc1c(C)sc2nc(SCC(=O)c3ccccc3OC)n(CC3CCCO3)c(=O)c12. The maximum atomic E-state index is 13.5. The molecule has 1 atom stereocenters. The number of ether oxygens (including phenoxy) is 2. The first-order valence-electron chi connectivity index (χ1n) is 10.5. The lowest BCUT2D eigenvalue weighted by Crippen LogP contribution is -2.29. The van der Waals surface area contributed by atoms with Crippen molar-refractivity contribution in [3.63, 3.8) is 0 Å². The third-order valence-electron chi connectivity index (χ3n) is 5.58. The highest BCUT2D eigenvalue weighted by atomic mass is 32.2. The molecule has 1 aromatic carbocycles. The topological polar surface area (TPSA) is 70.4 Å². The van der Waals surface area contributed by atoms with Gasteiger partial charge < -0.3 is 9.47 Å². The molecule has 1 unspecified atom stereocenters. The zero-order chi connectivity index (χ0) is 22.0. The number of hydrogen-bond acceptors (Lipinski definition) is 7. The van der Waals surface area contributed by atoms with E-state index in [-0.39, 0.29) is 23.2 Å². The van der Waals surface area contributed by atoms with Gasteiger partial charge in [0.1, 0.15) is 10.6 Å². The fourth-order valence-corrected chi connectivity index (χ4v) is 6.05. The summed E-state index contributed by atoms with van der Waals surface area (Å²) < 4.78 is 12.8. The zero-order valence-electron chi connectivity index (χ0n) is 18.0. The first kappa shape index (κ1) is 22.0. The lowest BCUT2D eigenvalue weighted by molar-refractivity contribution is 0.0937. The summed E-state index contributed by atoms with van der Waals surface area (Å²) in [6.45, 7) is 5.28. The number of carbonyl (C=O) groups is 1. The number of carbonyl (C=O) groups excluding carboxylic acids is 1. The molecule has 3 heterocycles. The molecule has 8 heteroatoms. The van der Waals surface area contributed by atoms with Crippen molar-refractivity contribution in [3.05, 3.63) is 50.6 Å². The van der Waals surface area contributed by atoms with E-state index in [1.54, 1.807) is 35.1 Å². The molecular formula is C23H26N2O4S2. The van der Waals surface area contributed by atoms with Crippen LogP contribution in [0.4, 0.5) is 0 Å². The molecule has 4 rings (SSSR count). The number of fused-ring (bicyclic) bond motifs is 1. The van der Waals surface area contributed by atoms with Crippen molar-refractivity contribution in [1.29, 1.82) is 0 Å². The summed E-state index contributed by atoms with van der Waals surface area (Å²) in [6.07, 6.45) is 2.73. The van der Waals surface area contributed by atoms with Crippen molar-refractivity contribution in [2.24, 2.45) is 0 Å². The zero-order valence-corrected chi connectivity index (χ0v) is 19.6. The van der Waals surface area contributed by atoms with Gasteiger partial charge in [0.05, 0.1) is 36.5 Å². The normalized spacial score (nSPS) is 16.2. The van der Waals surface area contributed by atoms with Gasteiger partial charge >= 0.3 is 0 Å². The molecule has 164 valence electrons. The molecule has 1 aliphatic heterocycles. The predicted octanol–water partition coefficient (Wildman–Crippen LogP) is 4.49. The first-order valence-corrected chi connectivity index (χ1v) is 12.3. The summed E-state index contributed by atoms with van der Waals surface area (Å²) in [6, 6.07) is 7.19. The van der Waals surface area contributed by atoms with Crippen molar-refractivity contribution in [2.45, 2.75) is 50.9 Å². The third-order valence-corrected chi connectivity index (χ3v) is 7.60. The van der Waals surface area contributed by atoms with E-state index in [0.29, 0.717) is 28.4 Å². The van der Waals surface area contributed by atoms with Crippen molar-refractivity contribution in [1.82, 2.24) is 9.55 Å². The van der Waals surface area contributed by atoms with E-state index in [9.17, 15) is 9.59 Å².